The molecule has 0 saturated carbocycles. The second-order valence-corrected chi connectivity index (χ2v) is 4.76. The van der Waals surface area contributed by atoms with E-state index in [4.69, 9.17) is 4.74 Å². The summed E-state index contributed by atoms with van der Waals surface area (Å²) in [6, 6.07) is 12.4. The molecular weight excluding hydrogens is 232 g/mol. The summed E-state index contributed by atoms with van der Waals surface area (Å²) in [4.78, 5) is 0. The number of rotatable bonds is 1. The Labute approximate surface area is 115 Å². The Morgan fingerprint density at radius 2 is 1.47 bits per heavy atom. The monoisotopic (exact) mass is 250 g/mol. The minimum atomic E-state index is 0.945. The lowest BCUT2D eigenvalue weighted by Gasteiger charge is -2.08. The van der Waals surface area contributed by atoms with E-state index in [0.717, 1.165) is 28.0 Å². The third-order valence-corrected chi connectivity index (χ3v) is 3.03. The van der Waals surface area contributed by atoms with E-state index in [0.29, 0.717) is 0 Å². The third-order valence-electron chi connectivity index (χ3n) is 3.03. The van der Waals surface area contributed by atoms with Gasteiger partial charge in [0.15, 0.2) is 0 Å². The van der Waals surface area contributed by atoms with E-state index in [1.54, 1.807) is 7.11 Å². The number of hydrogen-bond donors (Lipinski definition) is 0. The highest BCUT2D eigenvalue weighted by Crippen LogP contribution is 2.23. The van der Waals surface area contributed by atoms with Crippen molar-refractivity contribution in [3.63, 3.8) is 0 Å². The summed E-state index contributed by atoms with van der Waals surface area (Å²) in [5, 5.41) is 0. The molecule has 0 amide bonds. The quantitative estimate of drug-likeness (QED) is 0.695. The van der Waals surface area contributed by atoms with Gasteiger partial charge < -0.3 is 4.74 Å². The van der Waals surface area contributed by atoms with Crippen LogP contribution in [0.15, 0.2) is 36.4 Å². The summed E-state index contributed by atoms with van der Waals surface area (Å²) in [6.45, 7) is 6.17. The molecule has 0 aliphatic rings. The predicted octanol–water partition coefficient (Wildman–Crippen LogP) is 4.02. The molecule has 0 aliphatic carbocycles. The van der Waals surface area contributed by atoms with Gasteiger partial charge in [-0.05, 0) is 61.7 Å². The number of ether oxygens (including phenoxy) is 1. The third kappa shape index (κ3) is 3.17. The predicted molar refractivity (Wildman–Crippen MR) is 79.6 cm³/mol. The lowest BCUT2D eigenvalue weighted by atomic mass is 10.1. The van der Waals surface area contributed by atoms with Crippen molar-refractivity contribution >= 4 is 0 Å². The molecule has 2 aromatic rings. The van der Waals surface area contributed by atoms with Gasteiger partial charge in [-0.2, -0.15) is 0 Å². The molecule has 96 valence electrons. The van der Waals surface area contributed by atoms with Crippen LogP contribution in [-0.2, 0) is 0 Å². The van der Waals surface area contributed by atoms with Crippen LogP contribution in [0.4, 0.5) is 0 Å². The maximum Gasteiger partial charge on any atom is 0.124 e. The molecule has 0 fully saturated rings. The van der Waals surface area contributed by atoms with Gasteiger partial charge in [0.2, 0.25) is 0 Å². The molecule has 0 heterocycles. The minimum Gasteiger partial charge on any atom is -0.496 e. The molecule has 0 N–H and O–H groups in total. The molecule has 19 heavy (non-hydrogen) atoms. The Morgan fingerprint density at radius 3 is 2.05 bits per heavy atom. The second kappa shape index (κ2) is 5.63. The van der Waals surface area contributed by atoms with Gasteiger partial charge in [-0.25, -0.2) is 0 Å². The number of methoxy groups -OCH3 is 1. The Hall–Kier alpha value is -2.20. The minimum absolute atomic E-state index is 0.945. The molecule has 0 unspecified atom stereocenters. The SMILES string of the molecule is COc1c(C)cc(C#Cc2cccc(C)c2)cc1C. The molecule has 2 rings (SSSR count). The Balaban J connectivity index is 2.35. The molecule has 0 aromatic heterocycles. The molecule has 1 nitrogen and oxygen atoms in total. The number of benzene rings is 2. The summed E-state index contributed by atoms with van der Waals surface area (Å²) in [5.41, 5.74) is 5.55. The van der Waals surface area contributed by atoms with E-state index in [9.17, 15) is 0 Å². The van der Waals surface area contributed by atoms with E-state index in [-0.39, 0.29) is 0 Å². The fraction of sp³-hybridized carbons (Fsp3) is 0.222. The Kier molecular flexibility index (Phi) is 3.92. The van der Waals surface area contributed by atoms with Gasteiger partial charge in [-0.3, -0.25) is 0 Å². The second-order valence-electron chi connectivity index (χ2n) is 4.76. The first-order valence-corrected chi connectivity index (χ1v) is 6.34. The summed E-state index contributed by atoms with van der Waals surface area (Å²) in [5.74, 6) is 7.36. The van der Waals surface area contributed by atoms with Crippen molar-refractivity contribution in [1.29, 1.82) is 0 Å². The van der Waals surface area contributed by atoms with Gasteiger partial charge in [-0.15, -0.1) is 0 Å². The lowest BCUT2D eigenvalue weighted by Crippen LogP contribution is -1.92. The molecule has 0 saturated heterocycles. The van der Waals surface area contributed by atoms with E-state index in [1.807, 2.05) is 26.0 Å². The highest BCUT2D eigenvalue weighted by Gasteiger charge is 2.03. The zero-order valence-electron chi connectivity index (χ0n) is 11.9. The molecule has 0 spiro atoms. The van der Waals surface area contributed by atoms with Gasteiger partial charge >= 0.3 is 0 Å². The van der Waals surface area contributed by atoms with E-state index in [2.05, 4.69) is 43.0 Å². The van der Waals surface area contributed by atoms with Crippen LogP contribution in [0.1, 0.15) is 27.8 Å². The average Bonchev–Trinajstić information content (AvgIpc) is 2.36. The van der Waals surface area contributed by atoms with E-state index in [1.165, 1.54) is 5.56 Å². The van der Waals surface area contributed by atoms with Crippen molar-refractivity contribution in [2.24, 2.45) is 0 Å². The van der Waals surface area contributed by atoms with Crippen LogP contribution in [-0.4, -0.2) is 7.11 Å². The van der Waals surface area contributed by atoms with Crippen LogP contribution in [0.25, 0.3) is 0 Å². The van der Waals surface area contributed by atoms with Crippen molar-refractivity contribution in [3.8, 4) is 17.6 Å². The smallest absolute Gasteiger partial charge is 0.124 e. The van der Waals surface area contributed by atoms with Gasteiger partial charge in [0.25, 0.3) is 0 Å². The van der Waals surface area contributed by atoms with Crippen LogP contribution in [0, 0.1) is 32.6 Å². The zero-order chi connectivity index (χ0) is 13.8. The molecule has 0 radical (unpaired) electrons. The molecular formula is C18H18O. The fourth-order valence-electron chi connectivity index (χ4n) is 2.21. The van der Waals surface area contributed by atoms with Crippen molar-refractivity contribution in [3.05, 3.63) is 64.2 Å². The highest BCUT2D eigenvalue weighted by molar-refractivity contribution is 5.51. The standard InChI is InChI=1S/C18H18O/c1-13-6-5-7-16(10-13)8-9-17-11-14(2)18(19-4)15(3)12-17/h5-7,10-12H,1-4H3. The van der Waals surface area contributed by atoms with Gasteiger partial charge in [-0.1, -0.05) is 24.0 Å². The fourth-order valence-corrected chi connectivity index (χ4v) is 2.21. The van der Waals surface area contributed by atoms with Crippen LogP contribution in [0.2, 0.25) is 0 Å². The van der Waals surface area contributed by atoms with Crippen molar-refractivity contribution < 1.29 is 4.74 Å². The topological polar surface area (TPSA) is 9.23 Å². The highest BCUT2D eigenvalue weighted by atomic mass is 16.5. The van der Waals surface area contributed by atoms with Crippen molar-refractivity contribution in [2.45, 2.75) is 20.8 Å². The molecule has 0 atom stereocenters. The normalized spacial score (nSPS) is 9.68. The molecule has 0 bridgehead atoms. The molecule has 2 aromatic carbocycles. The first kappa shape index (κ1) is 13.2. The number of aryl methyl sites for hydroxylation is 3. The van der Waals surface area contributed by atoms with E-state index >= 15 is 0 Å². The maximum atomic E-state index is 5.36. The summed E-state index contributed by atoms with van der Waals surface area (Å²) in [7, 11) is 1.70. The zero-order valence-corrected chi connectivity index (χ0v) is 11.9. The van der Waals surface area contributed by atoms with Gasteiger partial charge in [0, 0.05) is 11.1 Å². The van der Waals surface area contributed by atoms with Gasteiger partial charge in [0.1, 0.15) is 5.75 Å². The van der Waals surface area contributed by atoms with Crippen molar-refractivity contribution in [1.82, 2.24) is 0 Å². The van der Waals surface area contributed by atoms with Crippen LogP contribution in [0.3, 0.4) is 0 Å². The van der Waals surface area contributed by atoms with E-state index < -0.39 is 0 Å². The lowest BCUT2D eigenvalue weighted by molar-refractivity contribution is 0.408. The Morgan fingerprint density at radius 1 is 0.842 bits per heavy atom. The van der Waals surface area contributed by atoms with Crippen LogP contribution >= 0.6 is 0 Å². The molecule has 0 aliphatic heterocycles. The maximum absolute atomic E-state index is 5.36. The first-order chi connectivity index (χ1) is 9.10. The first-order valence-electron chi connectivity index (χ1n) is 6.34. The van der Waals surface area contributed by atoms with Crippen LogP contribution in [0.5, 0.6) is 5.75 Å². The average molecular weight is 250 g/mol. The van der Waals surface area contributed by atoms with Crippen LogP contribution < -0.4 is 4.74 Å². The summed E-state index contributed by atoms with van der Waals surface area (Å²) >= 11 is 0. The number of hydrogen-bond acceptors (Lipinski definition) is 1. The van der Waals surface area contributed by atoms with Gasteiger partial charge in [0.05, 0.1) is 7.11 Å². The largest absolute Gasteiger partial charge is 0.496 e. The molecule has 1 heteroatoms. The summed E-state index contributed by atoms with van der Waals surface area (Å²) in [6.07, 6.45) is 0. The summed E-state index contributed by atoms with van der Waals surface area (Å²) < 4.78 is 5.36. The van der Waals surface area contributed by atoms with Crippen molar-refractivity contribution in [2.75, 3.05) is 7.11 Å². The Bertz CT molecular complexity index is 634.